The standard InChI is InChI=1S/C17H17N3O/c1-12-5-3-4-6-14(12)11-16-19-17(21-20-16)13-7-9-15(18-2)10-8-13/h3-10,18H,11H2,1-2H3. The van der Waals surface area contributed by atoms with E-state index in [9.17, 15) is 0 Å². The van der Waals surface area contributed by atoms with Crippen molar-refractivity contribution in [3.8, 4) is 11.5 Å². The summed E-state index contributed by atoms with van der Waals surface area (Å²) in [5, 5.41) is 7.15. The largest absolute Gasteiger partial charge is 0.388 e. The third kappa shape index (κ3) is 2.94. The molecular formula is C17H17N3O. The van der Waals surface area contributed by atoms with Crippen LogP contribution in [-0.4, -0.2) is 17.2 Å². The Bertz CT molecular complexity index is 732. The summed E-state index contributed by atoms with van der Waals surface area (Å²) in [6.07, 6.45) is 0.685. The molecule has 0 fully saturated rings. The quantitative estimate of drug-likeness (QED) is 0.791. The van der Waals surface area contributed by atoms with Gasteiger partial charge in [0.05, 0.1) is 0 Å². The molecule has 21 heavy (non-hydrogen) atoms. The molecular weight excluding hydrogens is 262 g/mol. The van der Waals surface area contributed by atoms with E-state index in [1.165, 1.54) is 11.1 Å². The lowest BCUT2D eigenvalue weighted by molar-refractivity contribution is 0.424. The number of anilines is 1. The van der Waals surface area contributed by atoms with Gasteiger partial charge in [-0.2, -0.15) is 4.98 Å². The molecule has 0 aliphatic rings. The maximum atomic E-state index is 5.35. The summed E-state index contributed by atoms with van der Waals surface area (Å²) in [5.74, 6) is 1.26. The molecule has 0 amide bonds. The van der Waals surface area contributed by atoms with E-state index in [-0.39, 0.29) is 0 Å². The molecule has 0 radical (unpaired) electrons. The van der Waals surface area contributed by atoms with E-state index in [4.69, 9.17) is 4.52 Å². The average Bonchev–Trinajstić information content (AvgIpc) is 2.98. The van der Waals surface area contributed by atoms with Gasteiger partial charge < -0.3 is 9.84 Å². The van der Waals surface area contributed by atoms with Gasteiger partial charge in [0.2, 0.25) is 0 Å². The van der Waals surface area contributed by atoms with E-state index in [0.29, 0.717) is 18.1 Å². The highest BCUT2D eigenvalue weighted by Gasteiger charge is 2.10. The topological polar surface area (TPSA) is 51.0 Å². The monoisotopic (exact) mass is 279 g/mol. The minimum absolute atomic E-state index is 0.557. The van der Waals surface area contributed by atoms with Crippen LogP contribution in [0.3, 0.4) is 0 Å². The van der Waals surface area contributed by atoms with Gasteiger partial charge >= 0.3 is 0 Å². The third-order valence-corrected chi connectivity index (χ3v) is 3.50. The molecule has 0 aliphatic carbocycles. The number of aromatic nitrogens is 2. The van der Waals surface area contributed by atoms with Crippen molar-refractivity contribution >= 4 is 5.69 Å². The van der Waals surface area contributed by atoms with Gasteiger partial charge in [-0.15, -0.1) is 0 Å². The molecule has 0 saturated carbocycles. The Labute approximate surface area is 123 Å². The smallest absolute Gasteiger partial charge is 0.257 e. The molecule has 1 heterocycles. The minimum atomic E-state index is 0.557. The molecule has 0 bridgehead atoms. The Morgan fingerprint density at radius 2 is 1.81 bits per heavy atom. The highest BCUT2D eigenvalue weighted by Crippen LogP contribution is 2.20. The molecule has 1 N–H and O–H groups in total. The summed E-state index contributed by atoms with van der Waals surface area (Å²) in [6, 6.07) is 16.2. The van der Waals surface area contributed by atoms with Gasteiger partial charge in [0.1, 0.15) is 0 Å². The molecule has 106 valence electrons. The van der Waals surface area contributed by atoms with Gasteiger partial charge in [0, 0.05) is 24.7 Å². The normalized spacial score (nSPS) is 10.6. The van der Waals surface area contributed by atoms with Crippen molar-refractivity contribution < 1.29 is 4.52 Å². The molecule has 4 nitrogen and oxygen atoms in total. The fourth-order valence-electron chi connectivity index (χ4n) is 2.20. The van der Waals surface area contributed by atoms with E-state index in [0.717, 1.165) is 11.3 Å². The zero-order chi connectivity index (χ0) is 14.7. The SMILES string of the molecule is CNc1ccc(-c2nc(Cc3ccccc3C)no2)cc1. The second-order valence-corrected chi connectivity index (χ2v) is 4.95. The van der Waals surface area contributed by atoms with Crippen LogP contribution in [0.2, 0.25) is 0 Å². The van der Waals surface area contributed by atoms with Gasteiger partial charge in [-0.05, 0) is 42.3 Å². The van der Waals surface area contributed by atoms with Crippen LogP contribution in [0.1, 0.15) is 17.0 Å². The Balaban J connectivity index is 1.81. The fraction of sp³-hybridized carbons (Fsp3) is 0.176. The fourth-order valence-corrected chi connectivity index (χ4v) is 2.20. The van der Waals surface area contributed by atoms with Crippen LogP contribution in [0, 0.1) is 6.92 Å². The van der Waals surface area contributed by atoms with E-state index in [2.05, 4.69) is 34.5 Å². The van der Waals surface area contributed by atoms with Crippen molar-refractivity contribution in [2.75, 3.05) is 12.4 Å². The number of rotatable bonds is 4. The summed E-state index contributed by atoms with van der Waals surface area (Å²) in [5.41, 5.74) is 4.44. The van der Waals surface area contributed by atoms with Crippen LogP contribution >= 0.6 is 0 Å². The molecule has 0 unspecified atom stereocenters. The maximum absolute atomic E-state index is 5.35. The highest BCUT2D eigenvalue weighted by molar-refractivity contribution is 5.58. The lowest BCUT2D eigenvalue weighted by Crippen LogP contribution is -1.93. The van der Waals surface area contributed by atoms with Crippen LogP contribution in [-0.2, 0) is 6.42 Å². The van der Waals surface area contributed by atoms with Crippen molar-refractivity contribution in [2.24, 2.45) is 0 Å². The molecule has 3 rings (SSSR count). The Kier molecular flexibility index (Phi) is 3.69. The van der Waals surface area contributed by atoms with Gasteiger partial charge in [-0.1, -0.05) is 29.4 Å². The second-order valence-electron chi connectivity index (χ2n) is 4.95. The minimum Gasteiger partial charge on any atom is -0.388 e. The van der Waals surface area contributed by atoms with Gasteiger partial charge in [0.15, 0.2) is 5.82 Å². The maximum Gasteiger partial charge on any atom is 0.257 e. The molecule has 1 aromatic heterocycles. The molecule has 0 saturated heterocycles. The first kappa shape index (κ1) is 13.4. The van der Waals surface area contributed by atoms with Crippen molar-refractivity contribution in [1.82, 2.24) is 10.1 Å². The summed E-state index contributed by atoms with van der Waals surface area (Å²) in [6.45, 7) is 2.09. The third-order valence-electron chi connectivity index (χ3n) is 3.50. The van der Waals surface area contributed by atoms with Crippen molar-refractivity contribution in [2.45, 2.75) is 13.3 Å². The van der Waals surface area contributed by atoms with Crippen molar-refractivity contribution in [3.05, 3.63) is 65.5 Å². The number of nitrogens with zero attached hydrogens (tertiary/aromatic N) is 2. The van der Waals surface area contributed by atoms with E-state index < -0.39 is 0 Å². The second kappa shape index (κ2) is 5.79. The van der Waals surface area contributed by atoms with Crippen LogP contribution < -0.4 is 5.32 Å². The van der Waals surface area contributed by atoms with Crippen molar-refractivity contribution in [1.29, 1.82) is 0 Å². The van der Waals surface area contributed by atoms with Gasteiger partial charge in [0.25, 0.3) is 5.89 Å². The molecule has 0 atom stereocenters. The lowest BCUT2D eigenvalue weighted by atomic mass is 10.1. The molecule has 0 aliphatic heterocycles. The lowest BCUT2D eigenvalue weighted by Gasteiger charge is -2.01. The first-order valence-corrected chi connectivity index (χ1v) is 6.91. The number of hydrogen-bond donors (Lipinski definition) is 1. The first-order chi connectivity index (χ1) is 10.3. The predicted molar refractivity (Wildman–Crippen MR) is 83.3 cm³/mol. The first-order valence-electron chi connectivity index (χ1n) is 6.91. The Hall–Kier alpha value is -2.62. The number of aryl methyl sites for hydroxylation is 1. The van der Waals surface area contributed by atoms with Crippen molar-refractivity contribution in [3.63, 3.8) is 0 Å². The van der Waals surface area contributed by atoms with Crippen LogP contribution in [0.5, 0.6) is 0 Å². The van der Waals surface area contributed by atoms with E-state index in [1.54, 1.807) is 0 Å². The number of nitrogens with one attached hydrogen (secondary N) is 1. The number of hydrogen-bond acceptors (Lipinski definition) is 4. The molecule has 0 spiro atoms. The van der Waals surface area contributed by atoms with Crippen LogP contribution in [0.15, 0.2) is 53.1 Å². The molecule has 4 heteroatoms. The van der Waals surface area contributed by atoms with Crippen LogP contribution in [0.25, 0.3) is 11.5 Å². The number of benzene rings is 2. The van der Waals surface area contributed by atoms with E-state index in [1.807, 2.05) is 43.4 Å². The summed E-state index contributed by atoms with van der Waals surface area (Å²) < 4.78 is 5.35. The van der Waals surface area contributed by atoms with E-state index >= 15 is 0 Å². The van der Waals surface area contributed by atoms with Crippen LogP contribution in [0.4, 0.5) is 5.69 Å². The highest BCUT2D eigenvalue weighted by atomic mass is 16.5. The average molecular weight is 279 g/mol. The van der Waals surface area contributed by atoms with Gasteiger partial charge in [-0.25, -0.2) is 0 Å². The zero-order valence-electron chi connectivity index (χ0n) is 12.1. The summed E-state index contributed by atoms with van der Waals surface area (Å²) >= 11 is 0. The molecule has 2 aromatic carbocycles. The Morgan fingerprint density at radius 3 is 2.52 bits per heavy atom. The zero-order valence-corrected chi connectivity index (χ0v) is 12.1. The summed E-state index contributed by atoms with van der Waals surface area (Å²) in [4.78, 5) is 4.47. The summed E-state index contributed by atoms with van der Waals surface area (Å²) in [7, 11) is 1.89. The predicted octanol–water partition coefficient (Wildman–Crippen LogP) is 3.68. The molecule has 3 aromatic rings. The van der Waals surface area contributed by atoms with Gasteiger partial charge in [-0.3, -0.25) is 0 Å². The Morgan fingerprint density at radius 1 is 1.05 bits per heavy atom.